The van der Waals surface area contributed by atoms with Crippen LogP contribution in [0.2, 0.25) is 0 Å². The molecule has 1 aliphatic carbocycles. The average Bonchev–Trinajstić information content (AvgIpc) is 3.82. The minimum absolute atomic E-state index is 0. The predicted octanol–water partition coefficient (Wildman–Crippen LogP) is 6.00. The summed E-state index contributed by atoms with van der Waals surface area (Å²) in [6.45, 7) is 27.9. The number of anilines is 1. The number of aromatic nitrogens is 1. The lowest BCUT2D eigenvalue weighted by atomic mass is 10.1. The predicted molar refractivity (Wildman–Crippen MR) is 215 cm³/mol. The summed E-state index contributed by atoms with van der Waals surface area (Å²) in [7, 11) is 1.71. The van der Waals surface area contributed by atoms with Gasteiger partial charge in [-0.15, -0.1) is 0 Å². The molecule has 4 N–H and O–H groups in total. The molecule has 3 heterocycles. The second-order valence-corrected chi connectivity index (χ2v) is 14.4. The Morgan fingerprint density at radius 1 is 0.865 bits per heavy atom. The van der Waals surface area contributed by atoms with Crippen molar-refractivity contribution in [2.75, 3.05) is 78.2 Å². The van der Waals surface area contributed by atoms with Gasteiger partial charge in [0.05, 0.1) is 11.5 Å². The van der Waals surface area contributed by atoms with Crippen LogP contribution in [0.3, 0.4) is 0 Å². The quantitative estimate of drug-likeness (QED) is 0.0915. The van der Waals surface area contributed by atoms with E-state index in [1.54, 1.807) is 13.2 Å². The van der Waals surface area contributed by atoms with Crippen molar-refractivity contribution in [2.45, 2.75) is 106 Å². The molecule has 0 bridgehead atoms. The molecule has 52 heavy (non-hydrogen) atoms. The fourth-order valence-corrected chi connectivity index (χ4v) is 5.06. The molecule has 0 atom stereocenters. The van der Waals surface area contributed by atoms with Crippen molar-refractivity contribution in [1.82, 2.24) is 30.7 Å². The van der Waals surface area contributed by atoms with E-state index in [2.05, 4.69) is 104 Å². The van der Waals surface area contributed by atoms with E-state index >= 15 is 0 Å². The van der Waals surface area contributed by atoms with Crippen LogP contribution >= 0.6 is 0 Å². The van der Waals surface area contributed by atoms with Gasteiger partial charge in [0.25, 0.3) is 5.69 Å². The molecule has 13 nitrogen and oxygen atoms in total. The molecule has 0 amide bonds. The summed E-state index contributed by atoms with van der Waals surface area (Å²) in [5.74, 6) is 3.43. The second kappa shape index (κ2) is 26.7. The Balaban J connectivity index is 0.000000370. The first-order valence-electron chi connectivity index (χ1n) is 18.8. The zero-order valence-corrected chi connectivity index (χ0v) is 32.9. The molecule has 2 fully saturated rings. The van der Waals surface area contributed by atoms with Gasteiger partial charge in [-0.1, -0.05) is 55.0 Å². The van der Waals surface area contributed by atoms with Crippen LogP contribution in [0.1, 0.15) is 81.2 Å². The van der Waals surface area contributed by atoms with E-state index in [0.29, 0.717) is 36.8 Å². The van der Waals surface area contributed by atoms with Crippen molar-refractivity contribution in [3.63, 3.8) is 0 Å². The van der Waals surface area contributed by atoms with Crippen LogP contribution in [-0.4, -0.2) is 117 Å². The van der Waals surface area contributed by atoms with E-state index in [-0.39, 0.29) is 13.1 Å². The normalized spacial score (nSPS) is 15.2. The van der Waals surface area contributed by atoms with E-state index in [4.69, 9.17) is 14.2 Å². The number of rotatable bonds is 16. The first-order chi connectivity index (χ1) is 24.4. The Morgan fingerprint density at radius 3 is 2.04 bits per heavy atom. The number of benzene rings is 1. The van der Waals surface area contributed by atoms with Gasteiger partial charge in [-0.3, -0.25) is 19.9 Å². The maximum absolute atomic E-state index is 10.4. The van der Waals surface area contributed by atoms with Gasteiger partial charge in [0.1, 0.15) is 12.0 Å². The summed E-state index contributed by atoms with van der Waals surface area (Å²) < 4.78 is 15.6. The minimum Gasteiger partial charge on any atom is -0.454 e. The molecule has 0 unspecified atom stereocenters. The number of nitro groups is 1. The Bertz CT molecular complexity index is 1200. The third kappa shape index (κ3) is 21.5. The second-order valence-electron chi connectivity index (χ2n) is 14.4. The zero-order valence-electron chi connectivity index (χ0n) is 32.9. The first kappa shape index (κ1) is 47.0. The third-order valence-corrected chi connectivity index (χ3v) is 8.29. The lowest BCUT2D eigenvalue weighted by molar-refractivity contribution is -0.385. The highest BCUT2D eigenvalue weighted by molar-refractivity contribution is 5.44. The summed E-state index contributed by atoms with van der Waals surface area (Å²) in [5.41, 5.74) is 1.31. The number of nitrogens with zero attached hydrogens (tertiary/aromatic N) is 4. The van der Waals surface area contributed by atoms with Crippen molar-refractivity contribution in [3.05, 3.63) is 52.2 Å². The molecule has 298 valence electrons. The molecule has 3 aliphatic rings. The van der Waals surface area contributed by atoms with Crippen LogP contribution in [-0.2, 0) is 11.3 Å². The van der Waals surface area contributed by atoms with Crippen molar-refractivity contribution < 1.29 is 19.1 Å². The summed E-state index contributed by atoms with van der Waals surface area (Å²) >= 11 is 0. The van der Waals surface area contributed by atoms with Gasteiger partial charge in [0.2, 0.25) is 6.79 Å². The highest BCUT2D eigenvalue weighted by Gasteiger charge is 2.21. The maximum Gasteiger partial charge on any atom is 0.287 e. The number of ether oxygens (including phenoxy) is 3. The molecule has 1 saturated heterocycles. The number of nitrogens with one attached hydrogen (secondary N) is 4. The fourth-order valence-electron chi connectivity index (χ4n) is 5.06. The van der Waals surface area contributed by atoms with Gasteiger partial charge >= 0.3 is 0 Å². The molecule has 5 rings (SSSR count). The number of fused-ring (bicyclic) bond motifs is 1. The number of hydrogen-bond donors (Lipinski definition) is 4. The highest BCUT2D eigenvalue weighted by Crippen LogP contribution is 2.33. The van der Waals surface area contributed by atoms with Crippen LogP contribution in [0, 0.1) is 16.0 Å². The van der Waals surface area contributed by atoms with Crippen LogP contribution in [0.15, 0.2) is 36.5 Å². The Hall–Kier alpha value is -3.07. The molecule has 2 aliphatic heterocycles. The van der Waals surface area contributed by atoms with Gasteiger partial charge in [-0.05, 0) is 62.9 Å². The molecule has 2 aromatic rings. The van der Waals surface area contributed by atoms with Crippen LogP contribution < -0.4 is 30.7 Å². The largest absolute Gasteiger partial charge is 0.454 e. The molecule has 1 aromatic heterocycles. The summed E-state index contributed by atoms with van der Waals surface area (Å²) in [6, 6.07) is 11.7. The average molecular weight is 733 g/mol. The number of pyridine rings is 1. The van der Waals surface area contributed by atoms with Crippen molar-refractivity contribution in [2.24, 2.45) is 5.92 Å². The van der Waals surface area contributed by atoms with E-state index in [1.807, 2.05) is 6.07 Å². The van der Waals surface area contributed by atoms with E-state index in [0.717, 1.165) is 63.3 Å². The Kier molecular flexibility index (Phi) is 24.1. The third-order valence-electron chi connectivity index (χ3n) is 8.29. The first-order valence-corrected chi connectivity index (χ1v) is 18.8. The summed E-state index contributed by atoms with van der Waals surface area (Å²) in [6.07, 6.45) is 4.16. The summed E-state index contributed by atoms with van der Waals surface area (Å²) in [5, 5.41) is 23.3. The standard InChI is InChI=1S/C15H22N2O2.C10H16N4O2.C7H15N.C6H15NO.CH4/c1-12(2)17-7-5-16(6-8-17)10-13-3-4-14-15(9-13)19-11-18-14;1-8(2)11-5-6-12-10-4-3-9(7-13-10)14(15)16;1-6(2)8-5-7-3-4-7;1-6(2)7-4-5-8-3;/h3-4,9,12H,5-8,10-11H2,1-2H3;3-4,7-8,11H,5-6H2,1-2H3,(H,12,13);6-8H,3-5H2,1-2H3;6-7H,4-5H2,1-3H3;1H4. The van der Waals surface area contributed by atoms with Crippen LogP contribution in [0.25, 0.3) is 0 Å². The van der Waals surface area contributed by atoms with Crippen molar-refractivity contribution in [3.8, 4) is 11.5 Å². The molecule has 0 radical (unpaired) electrons. The van der Waals surface area contributed by atoms with Gasteiger partial charge in [-0.25, -0.2) is 4.98 Å². The monoisotopic (exact) mass is 733 g/mol. The van der Waals surface area contributed by atoms with Gasteiger partial charge in [0.15, 0.2) is 11.5 Å². The minimum atomic E-state index is -0.461. The van der Waals surface area contributed by atoms with Crippen molar-refractivity contribution in [1.29, 1.82) is 0 Å². The highest BCUT2D eigenvalue weighted by atomic mass is 16.7. The number of hydrogen-bond acceptors (Lipinski definition) is 12. The molecule has 1 aromatic carbocycles. The molecular formula is C39H72N8O5. The van der Waals surface area contributed by atoms with Gasteiger partial charge in [0, 0.05) is 89.7 Å². The SMILES string of the molecule is C.CC(C)N1CCN(Cc2ccc3c(c2)OCO3)CC1.CC(C)NCC1CC1.CC(C)NCCNc1ccc([N+](=O)[O-])cn1.COCCNC(C)C. The smallest absolute Gasteiger partial charge is 0.287 e. The molecule has 0 spiro atoms. The van der Waals surface area contributed by atoms with E-state index in [9.17, 15) is 10.1 Å². The van der Waals surface area contributed by atoms with E-state index < -0.39 is 4.92 Å². The number of piperazine rings is 1. The van der Waals surface area contributed by atoms with E-state index in [1.165, 1.54) is 50.3 Å². The Labute approximate surface area is 315 Å². The number of methoxy groups -OCH3 is 1. The molecule has 13 heteroatoms. The van der Waals surface area contributed by atoms with Crippen molar-refractivity contribution >= 4 is 11.5 Å². The lowest BCUT2D eigenvalue weighted by Gasteiger charge is -2.36. The molecular weight excluding hydrogens is 660 g/mol. The summed E-state index contributed by atoms with van der Waals surface area (Å²) in [4.78, 5) is 18.9. The fraction of sp³-hybridized carbons (Fsp3) is 0.718. The van der Waals surface area contributed by atoms with Gasteiger partial charge < -0.3 is 35.5 Å². The topological polar surface area (TPSA) is 138 Å². The van der Waals surface area contributed by atoms with Gasteiger partial charge in [-0.2, -0.15) is 0 Å². The Morgan fingerprint density at radius 2 is 1.50 bits per heavy atom. The maximum atomic E-state index is 10.4. The van der Waals surface area contributed by atoms with Crippen LogP contribution in [0.4, 0.5) is 11.5 Å². The lowest BCUT2D eigenvalue weighted by Crippen LogP contribution is -2.48. The van der Waals surface area contributed by atoms with Crippen LogP contribution in [0.5, 0.6) is 11.5 Å². The zero-order chi connectivity index (χ0) is 37.6. The molecule has 1 saturated carbocycles.